The summed E-state index contributed by atoms with van der Waals surface area (Å²) in [5, 5.41) is 10.3. The number of carbonyl (C=O) groups excluding carboxylic acids is 1. The van der Waals surface area contributed by atoms with Crippen molar-refractivity contribution in [3.63, 3.8) is 0 Å². The first-order valence-electron chi connectivity index (χ1n) is 10.4. The zero-order valence-electron chi connectivity index (χ0n) is 17.8. The molecule has 0 saturated heterocycles. The van der Waals surface area contributed by atoms with E-state index in [1.165, 1.54) is 0 Å². The second-order valence-electron chi connectivity index (χ2n) is 7.19. The van der Waals surface area contributed by atoms with Crippen molar-refractivity contribution in [2.45, 2.75) is 0 Å². The highest BCUT2D eigenvalue weighted by Crippen LogP contribution is 2.24. The molecule has 8 nitrogen and oxygen atoms in total. The monoisotopic (exact) mass is 466 g/mol. The number of benzene rings is 2. The fraction of sp³-hybridized carbons (Fsp3) is 0. The van der Waals surface area contributed by atoms with Gasteiger partial charge in [-0.2, -0.15) is 5.10 Å². The topological polar surface area (TPSA) is 97.9 Å². The summed E-state index contributed by atoms with van der Waals surface area (Å²) in [5.41, 5.74) is 3.16. The van der Waals surface area contributed by atoms with Gasteiger partial charge in [0.05, 0.1) is 17.5 Å². The summed E-state index contributed by atoms with van der Waals surface area (Å²) in [5.74, 6) is 0.435. The fourth-order valence-corrected chi connectivity index (χ4v) is 3.53. The van der Waals surface area contributed by atoms with E-state index in [0.29, 0.717) is 22.7 Å². The number of thiocarbonyl (C=S) groups is 1. The van der Waals surface area contributed by atoms with Crippen molar-refractivity contribution in [3.05, 3.63) is 103 Å². The Labute approximate surface area is 200 Å². The number of furan rings is 1. The van der Waals surface area contributed by atoms with Crippen molar-refractivity contribution in [2.75, 3.05) is 5.32 Å². The van der Waals surface area contributed by atoms with Gasteiger partial charge in [-0.05, 0) is 42.5 Å². The van der Waals surface area contributed by atoms with E-state index in [1.54, 1.807) is 41.5 Å². The number of para-hydroxylation sites is 1. The van der Waals surface area contributed by atoms with Gasteiger partial charge in [-0.25, -0.2) is 14.6 Å². The molecule has 0 aliphatic carbocycles. The smallest absolute Gasteiger partial charge is 0.261 e. The van der Waals surface area contributed by atoms with Gasteiger partial charge in [0.1, 0.15) is 11.4 Å². The van der Waals surface area contributed by atoms with Crippen LogP contribution in [0.15, 0.2) is 102 Å². The van der Waals surface area contributed by atoms with Gasteiger partial charge >= 0.3 is 0 Å². The number of carbonyl (C=O) groups is 1. The third-order valence-electron chi connectivity index (χ3n) is 4.91. The number of nitrogens with zero attached hydrogens (tertiary/aromatic N) is 4. The summed E-state index contributed by atoms with van der Waals surface area (Å²) in [7, 11) is 0. The Kier molecular flexibility index (Phi) is 5.91. The Morgan fingerprint density at radius 1 is 0.941 bits per heavy atom. The van der Waals surface area contributed by atoms with Crippen molar-refractivity contribution in [2.24, 2.45) is 0 Å². The molecule has 2 aromatic carbocycles. The Hall–Kier alpha value is -4.63. The SMILES string of the molecule is O=C(NC(=S)Nc1nccc(-c2ccco2)n1)c1cn(-c2ccccc2)nc1-c1ccccc1. The van der Waals surface area contributed by atoms with Crippen molar-refractivity contribution in [3.8, 4) is 28.4 Å². The normalized spacial score (nSPS) is 10.6. The zero-order chi connectivity index (χ0) is 23.3. The summed E-state index contributed by atoms with van der Waals surface area (Å²) >= 11 is 5.34. The predicted molar refractivity (Wildman–Crippen MR) is 132 cm³/mol. The highest BCUT2D eigenvalue weighted by atomic mass is 32.1. The van der Waals surface area contributed by atoms with Crippen LogP contribution in [0.2, 0.25) is 0 Å². The van der Waals surface area contributed by atoms with Gasteiger partial charge in [-0.3, -0.25) is 10.1 Å². The predicted octanol–water partition coefficient (Wildman–Crippen LogP) is 4.72. The Bertz CT molecular complexity index is 1430. The van der Waals surface area contributed by atoms with E-state index in [2.05, 4.69) is 25.7 Å². The van der Waals surface area contributed by atoms with Crippen LogP contribution in [0.1, 0.15) is 10.4 Å². The Morgan fingerprint density at radius 2 is 1.71 bits per heavy atom. The third kappa shape index (κ3) is 4.59. The minimum absolute atomic E-state index is 0.0630. The van der Waals surface area contributed by atoms with E-state index in [9.17, 15) is 4.79 Å². The lowest BCUT2D eigenvalue weighted by molar-refractivity contribution is 0.0978. The van der Waals surface area contributed by atoms with Crippen LogP contribution in [0.4, 0.5) is 5.95 Å². The minimum atomic E-state index is -0.402. The van der Waals surface area contributed by atoms with Crippen molar-refractivity contribution in [1.82, 2.24) is 25.1 Å². The summed E-state index contributed by atoms with van der Waals surface area (Å²) < 4.78 is 7.04. The van der Waals surface area contributed by atoms with Crippen LogP contribution in [0.5, 0.6) is 0 Å². The summed E-state index contributed by atoms with van der Waals surface area (Å²) in [6.45, 7) is 0. The number of hydrogen-bond donors (Lipinski definition) is 2. The van der Waals surface area contributed by atoms with Gasteiger partial charge in [-0.15, -0.1) is 0 Å². The molecule has 0 saturated carbocycles. The largest absolute Gasteiger partial charge is 0.463 e. The molecule has 5 aromatic rings. The molecule has 34 heavy (non-hydrogen) atoms. The zero-order valence-corrected chi connectivity index (χ0v) is 18.6. The van der Waals surface area contributed by atoms with Crippen LogP contribution in [0, 0.1) is 0 Å². The van der Waals surface area contributed by atoms with Gasteiger partial charge in [0.15, 0.2) is 10.9 Å². The molecule has 3 aromatic heterocycles. The first-order chi connectivity index (χ1) is 16.7. The van der Waals surface area contributed by atoms with E-state index >= 15 is 0 Å². The molecule has 0 spiro atoms. The molecule has 0 atom stereocenters. The molecule has 0 fully saturated rings. The van der Waals surface area contributed by atoms with E-state index in [0.717, 1.165) is 11.3 Å². The van der Waals surface area contributed by atoms with Gasteiger partial charge in [-0.1, -0.05) is 48.5 Å². The number of rotatable bonds is 5. The Balaban J connectivity index is 1.38. The molecule has 0 radical (unpaired) electrons. The summed E-state index contributed by atoms with van der Waals surface area (Å²) in [6.07, 6.45) is 4.83. The number of amides is 1. The second-order valence-corrected chi connectivity index (χ2v) is 7.60. The van der Waals surface area contributed by atoms with E-state index < -0.39 is 5.91 Å². The highest BCUT2D eigenvalue weighted by Gasteiger charge is 2.20. The molecule has 3 heterocycles. The number of aromatic nitrogens is 4. The maximum Gasteiger partial charge on any atom is 0.261 e. The van der Waals surface area contributed by atoms with E-state index in [-0.39, 0.29) is 11.1 Å². The quantitative estimate of drug-likeness (QED) is 0.362. The molecule has 9 heteroatoms. The van der Waals surface area contributed by atoms with Gasteiger partial charge < -0.3 is 9.73 Å². The first-order valence-corrected chi connectivity index (χ1v) is 10.8. The standard InChI is InChI=1S/C25H18N6O2S/c32-23(28-25(34)29-24-26-14-13-20(27-24)21-12-7-15-33-21)19-16-31(18-10-5-2-6-11-18)30-22(19)17-8-3-1-4-9-17/h1-16H,(H2,26,27,28,29,32,34). The molecule has 2 N–H and O–H groups in total. The number of hydrogen-bond acceptors (Lipinski definition) is 6. The summed E-state index contributed by atoms with van der Waals surface area (Å²) in [4.78, 5) is 21.7. The van der Waals surface area contributed by atoms with Crippen LogP contribution >= 0.6 is 12.2 Å². The maximum absolute atomic E-state index is 13.2. The van der Waals surface area contributed by atoms with Crippen LogP contribution < -0.4 is 10.6 Å². The average molecular weight is 467 g/mol. The van der Waals surface area contributed by atoms with Crippen molar-refractivity contribution >= 4 is 29.2 Å². The summed E-state index contributed by atoms with van der Waals surface area (Å²) in [6, 6.07) is 24.4. The van der Waals surface area contributed by atoms with E-state index in [4.69, 9.17) is 16.6 Å². The van der Waals surface area contributed by atoms with Crippen LogP contribution in [-0.4, -0.2) is 30.8 Å². The molecule has 0 aliphatic heterocycles. The van der Waals surface area contributed by atoms with Crippen LogP contribution in [0.3, 0.4) is 0 Å². The van der Waals surface area contributed by atoms with Crippen LogP contribution in [-0.2, 0) is 0 Å². The molecule has 0 bridgehead atoms. The lowest BCUT2D eigenvalue weighted by atomic mass is 10.1. The average Bonchev–Trinajstić information content (AvgIpc) is 3.56. The second kappa shape index (κ2) is 9.47. The molecular weight excluding hydrogens is 448 g/mol. The number of nitrogens with one attached hydrogen (secondary N) is 2. The van der Waals surface area contributed by atoms with Crippen molar-refractivity contribution < 1.29 is 9.21 Å². The Morgan fingerprint density at radius 3 is 2.44 bits per heavy atom. The van der Waals surface area contributed by atoms with Crippen molar-refractivity contribution in [1.29, 1.82) is 0 Å². The van der Waals surface area contributed by atoms with Gasteiger partial charge in [0.2, 0.25) is 5.95 Å². The van der Waals surface area contributed by atoms with Gasteiger partial charge in [0, 0.05) is 18.0 Å². The lowest BCUT2D eigenvalue weighted by Crippen LogP contribution is -2.34. The molecular formula is C25H18N6O2S. The van der Waals surface area contributed by atoms with E-state index in [1.807, 2.05) is 60.7 Å². The number of anilines is 1. The third-order valence-corrected chi connectivity index (χ3v) is 5.11. The fourth-order valence-electron chi connectivity index (χ4n) is 3.35. The molecule has 0 unspecified atom stereocenters. The first kappa shape index (κ1) is 21.2. The molecule has 166 valence electrons. The van der Waals surface area contributed by atoms with Crippen LogP contribution in [0.25, 0.3) is 28.4 Å². The maximum atomic E-state index is 13.2. The minimum Gasteiger partial charge on any atom is -0.463 e. The lowest BCUT2D eigenvalue weighted by Gasteiger charge is -2.09. The van der Waals surface area contributed by atoms with Gasteiger partial charge in [0.25, 0.3) is 5.91 Å². The highest BCUT2D eigenvalue weighted by molar-refractivity contribution is 7.80. The molecule has 0 aliphatic rings. The molecule has 1 amide bonds. The molecule has 5 rings (SSSR count).